The van der Waals surface area contributed by atoms with E-state index in [0.29, 0.717) is 13.1 Å². The van der Waals surface area contributed by atoms with Gasteiger partial charge in [-0.25, -0.2) is 4.79 Å². The Morgan fingerprint density at radius 3 is 2.94 bits per heavy atom. The van der Waals surface area contributed by atoms with Crippen molar-refractivity contribution in [2.24, 2.45) is 5.73 Å². The number of aromatic amines is 2. The molecule has 0 aliphatic carbocycles. The first-order valence-corrected chi connectivity index (χ1v) is 5.46. The van der Waals surface area contributed by atoms with Crippen molar-refractivity contribution in [3.63, 3.8) is 0 Å². The first-order valence-electron chi connectivity index (χ1n) is 5.46. The van der Waals surface area contributed by atoms with Crippen LogP contribution in [0.5, 0.6) is 0 Å². The Morgan fingerprint density at radius 1 is 1.53 bits per heavy atom. The van der Waals surface area contributed by atoms with Crippen LogP contribution >= 0.6 is 0 Å². The summed E-state index contributed by atoms with van der Waals surface area (Å²) >= 11 is 0. The van der Waals surface area contributed by atoms with E-state index in [9.17, 15) is 14.4 Å². The molecule has 1 amide bonds. The molecule has 0 spiro atoms. The van der Waals surface area contributed by atoms with Crippen molar-refractivity contribution in [1.29, 1.82) is 0 Å². The smallest absolute Gasteiger partial charge is 0.325 e. The van der Waals surface area contributed by atoms with Gasteiger partial charge in [0.15, 0.2) is 0 Å². The van der Waals surface area contributed by atoms with Crippen LogP contribution in [0.2, 0.25) is 0 Å². The number of aromatic nitrogens is 2. The molecule has 1 atom stereocenters. The van der Waals surface area contributed by atoms with Gasteiger partial charge in [0.1, 0.15) is 5.56 Å². The molecule has 92 valence electrons. The van der Waals surface area contributed by atoms with Crippen molar-refractivity contribution < 1.29 is 4.79 Å². The molecule has 1 fully saturated rings. The number of hydrogen-bond donors (Lipinski definition) is 3. The highest BCUT2D eigenvalue weighted by molar-refractivity contribution is 5.93. The second-order valence-corrected chi connectivity index (χ2v) is 4.02. The normalized spacial score (nSPS) is 19.6. The zero-order chi connectivity index (χ0) is 12.4. The minimum absolute atomic E-state index is 0.0196. The van der Waals surface area contributed by atoms with Crippen LogP contribution in [-0.4, -0.2) is 39.9 Å². The lowest BCUT2D eigenvalue weighted by Crippen LogP contribution is -2.42. The zero-order valence-corrected chi connectivity index (χ0v) is 9.23. The van der Waals surface area contributed by atoms with Crippen LogP contribution in [0.4, 0.5) is 0 Å². The lowest BCUT2D eigenvalue weighted by molar-refractivity contribution is 0.0739. The molecule has 1 unspecified atom stereocenters. The molecule has 0 aromatic carbocycles. The average Bonchev–Trinajstić information content (AvgIpc) is 2.76. The number of nitrogens with two attached hydrogens (primary N) is 1. The summed E-state index contributed by atoms with van der Waals surface area (Å²) in [7, 11) is 0. The van der Waals surface area contributed by atoms with E-state index in [1.165, 1.54) is 0 Å². The summed E-state index contributed by atoms with van der Waals surface area (Å²) in [6.07, 6.45) is 2.88. The third kappa shape index (κ3) is 2.14. The van der Waals surface area contributed by atoms with E-state index >= 15 is 0 Å². The molecule has 7 nitrogen and oxygen atoms in total. The molecule has 1 saturated heterocycles. The zero-order valence-electron chi connectivity index (χ0n) is 9.23. The number of amides is 1. The molecule has 1 aliphatic heterocycles. The Hall–Kier alpha value is -1.89. The summed E-state index contributed by atoms with van der Waals surface area (Å²) in [6, 6.07) is -0.0196. The molecule has 17 heavy (non-hydrogen) atoms. The lowest BCUT2D eigenvalue weighted by Gasteiger charge is -2.22. The summed E-state index contributed by atoms with van der Waals surface area (Å²) in [4.78, 5) is 40.3. The van der Waals surface area contributed by atoms with Gasteiger partial charge in [-0.05, 0) is 12.8 Å². The standard InChI is InChI=1S/C10H14N4O3/c11-4-6-2-1-3-14(6)9(16)7-5-12-10(17)13-8(7)15/h5-6H,1-4,11H2,(H2,12,13,15,17). The minimum atomic E-state index is -0.665. The van der Waals surface area contributed by atoms with E-state index in [0.717, 1.165) is 19.0 Å². The summed E-state index contributed by atoms with van der Waals surface area (Å²) < 4.78 is 0. The molecule has 0 bridgehead atoms. The van der Waals surface area contributed by atoms with Gasteiger partial charge in [0.2, 0.25) is 0 Å². The highest BCUT2D eigenvalue weighted by Gasteiger charge is 2.29. The Kier molecular flexibility index (Phi) is 3.10. The third-order valence-electron chi connectivity index (χ3n) is 2.96. The Labute approximate surface area is 96.6 Å². The SMILES string of the molecule is NCC1CCCN1C(=O)c1c[nH]c(=O)[nH]c1=O. The summed E-state index contributed by atoms with van der Waals surface area (Å²) in [6.45, 7) is 0.978. The highest BCUT2D eigenvalue weighted by atomic mass is 16.2. The molecule has 1 aromatic rings. The fourth-order valence-corrected chi connectivity index (χ4v) is 2.07. The molecular formula is C10H14N4O3. The molecule has 4 N–H and O–H groups in total. The van der Waals surface area contributed by atoms with Crippen LogP contribution in [0.3, 0.4) is 0 Å². The van der Waals surface area contributed by atoms with Gasteiger partial charge in [-0.3, -0.25) is 14.6 Å². The monoisotopic (exact) mass is 238 g/mol. The quantitative estimate of drug-likeness (QED) is 0.589. The maximum Gasteiger partial charge on any atom is 0.325 e. The molecule has 1 aromatic heterocycles. The molecular weight excluding hydrogens is 224 g/mol. The molecule has 0 saturated carbocycles. The van der Waals surface area contributed by atoms with Crippen molar-refractivity contribution >= 4 is 5.91 Å². The highest BCUT2D eigenvalue weighted by Crippen LogP contribution is 2.17. The van der Waals surface area contributed by atoms with Gasteiger partial charge >= 0.3 is 5.69 Å². The predicted octanol–water partition coefficient (Wildman–Crippen LogP) is -1.37. The van der Waals surface area contributed by atoms with E-state index in [1.807, 2.05) is 4.98 Å². The first kappa shape index (κ1) is 11.6. The molecule has 0 radical (unpaired) electrons. The summed E-state index contributed by atoms with van der Waals surface area (Å²) in [5, 5.41) is 0. The fraction of sp³-hybridized carbons (Fsp3) is 0.500. The van der Waals surface area contributed by atoms with Gasteiger partial charge in [0.05, 0.1) is 0 Å². The van der Waals surface area contributed by atoms with Gasteiger partial charge in [-0.2, -0.15) is 0 Å². The van der Waals surface area contributed by atoms with Crippen molar-refractivity contribution in [1.82, 2.24) is 14.9 Å². The van der Waals surface area contributed by atoms with Crippen LogP contribution < -0.4 is 17.0 Å². The van der Waals surface area contributed by atoms with Gasteiger partial charge < -0.3 is 15.6 Å². The Bertz CT molecular complexity index is 533. The van der Waals surface area contributed by atoms with E-state index in [4.69, 9.17) is 5.73 Å². The summed E-state index contributed by atoms with van der Waals surface area (Å²) in [5.74, 6) is -0.379. The van der Waals surface area contributed by atoms with Crippen LogP contribution in [0.1, 0.15) is 23.2 Å². The van der Waals surface area contributed by atoms with Gasteiger partial charge in [-0.15, -0.1) is 0 Å². The number of carbonyl (C=O) groups is 1. The summed E-state index contributed by atoms with van der Waals surface area (Å²) in [5.41, 5.74) is 4.23. The van der Waals surface area contributed by atoms with E-state index in [2.05, 4.69) is 4.98 Å². The number of nitrogens with one attached hydrogen (secondary N) is 2. The van der Waals surface area contributed by atoms with Crippen molar-refractivity contribution in [2.75, 3.05) is 13.1 Å². The lowest BCUT2D eigenvalue weighted by atomic mass is 10.2. The second kappa shape index (κ2) is 4.54. The molecule has 2 heterocycles. The predicted molar refractivity (Wildman–Crippen MR) is 60.8 cm³/mol. The van der Waals surface area contributed by atoms with Crippen LogP contribution in [0.25, 0.3) is 0 Å². The Morgan fingerprint density at radius 2 is 2.29 bits per heavy atom. The Balaban J connectivity index is 2.31. The first-order chi connectivity index (χ1) is 8.13. The number of hydrogen-bond acceptors (Lipinski definition) is 4. The average molecular weight is 238 g/mol. The fourth-order valence-electron chi connectivity index (χ4n) is 2.07. The van der Waals surface area contributed by atoms with Crippen LogP contribution in [0, 0.1) is 0 Å². The van der Waals surface area contributed by atoms with E-state index in [-0.39, 0.29) is 17.5 Å². The van der Waals surface area contributed by atoms with Gasteiger partial charge in [0.25, 0.3) is 11.5 Å². The van der Waals surface area contributed by atoms with E-state index in [1.54, 1.807) is 4.90 Å². The molecule has 7 heteroatoms. The largest absolute Gasteiger partial charge is 0.334 e. The number of rotatable bonds is 2. The van der Waals surface area contributed by atoms with Gasteiger partial charge in [0, 0.05) is 25.3 Å². The minimum Gasteiger partial charge on any atom is -0.334 e. The maximum absolute atomic E-state index is 12.1. The van der Waals surface area contributed by atoms with Gasteiger partial charge in [-0.1, -0.05) is 0 Å². The maximum atomic E-state index is 12.1. The molecule has 1 aliphatic rings. The second-order valence-electron chi connectivity index (χ2n) is 4.02. The number of H-pyrrole nitrogens is 2. The van der Waals surface area contributed by atoms with Crippen LogP contribution in [0.15, 0.2) is 15.8 Å². The van der Waals surface area contributed by atoms with Crippen LogP contribution in [-0.2, 0) is 0 Å². The third-order valence-corrected chi connectivity index (χ3v) is 2.96. The number of nitrogens with zero attached hydrogens (tertiary/aromatic N) is 1. The number of carbonyl (C=O) groups excluding carboxylic acids is 1. The van der Waals surface area contributed by atoms with E-state index < -0.39 is 11.2 Å². The topological polar surface area (TPSA) is 112 Å². The molecule has 2 rings (SSSR count). The van der Waals surface area contributed by atoms with Crippen molar-refractivity contribution in [3.8, 4) is 0 Å². The number of likely N-dealkylation sites (tertiary alicyclic amines) is 1. The van der Waals surface area contributed by atoms with Crippen molar-refractivity contribution in [2.45, 2.75) is 18.9 Å². The van der Waals surface area contributed by atoms with Crippen molar-refractivity contribution in [3.05, 3.63) is 32.6 Å².